The van der Waals surface area contributed by atoms with E-state index in [0.717, 1.165) is 15.8 Å². The molecule has 1 aromatic carbocycles. The summed E-state index contributed by atoms with van der Waals surface area (Å²) in [6.07, 6.45) is 0.249. The fraction of sp³-hybridized carbons (Fsp3) is 0.364. The summed E-state index contributed by atoms with van der Waals surface area (Å²) in [6, 6.07) is 5.69. The van der Waals surface area contributed by atoms with Gasteiger partial charge in [0.1, 0.15) is 11.9 Å². The highest BCUT2D eigenvalue weighted by atomic mass is 79.9. The second-order valence-electron chi connectivity index (χ2n) is 3.70. The maximum atomic E-state index is 11.0. The molecular weight excluding hydrogens is 260 g/mol. The zero-order chi connectivity index (χ0) is 11.0. The molecule has 0 spiro atoms. The second kappa shape index (κ2) is 3.85. The molecule has 1 aromatic rings. The first-order chi connectivity index (χ1) is 7.09. The van der Waals surface area contributed by atoms with E-state index in [1.807, 2.05) is 18.2 Å². The summed E-state index contributed by atoms with van der Waals surface area (Å²) in [7, 11) is 0. The van der Waals surface area contributed by atoms with Crippen molar-refractivity contribution in [3.63, 3.8) is 0 Å². The van der Waals surface area contributed by atoms with Gasteiger partial charge in [0.25, 0.3) is 0 Å². The van der Waals surface area contributed by atoms with Gasteiger partial charge in [-0.15, -0.1) is 0 Å². The first-order valence-electron chi connectivity index (χ1n) is 4.76. The molecule has 0 bridgehead atoms. The van der Waals surface area contributed by atoms with Gasteiger partial charge >= 0.3 is 5.97 Å². The number of benzene rings is 1. The van der Waals surface area contributed by atoms with Crippen LogP contribution < -0.4 is 4.74 Å². The minimum Gasteiger partial charge on any atom is -0.488 e. The molecule has 0 saturated heterocycles. The Morgan fingerprint density at radius 1 is 1.60 bits per heavy atom. The maximum Gasteiger partial charge on any atom is 0.310 e. The van der Waals surface area contributed by atoms with Crippen molar-refractivity contribution >= 4 is 21.9 Å². The number of carbonyl (C=O) groups is 1. The van der Waals surface area contributed by atoms with Crippen LogP contribution in [0.5, 0.6) is 5.75 Å². The molecule has 1 aliphatic rings. The summed E-state index contributed by atoms with van der Waals surface area (Å²) in [5.74, 6) is -0.470. The van der Waals surface area contributed by atoms with Gasteiger partial charge in [0.05, 0.1) is 10.4 Å². The summed E-state index contributed by atoms with van der Waals surface area (Å²) >= 11 is 3.39. The zero-order valence-corrected chi connectivity index (χ0v) is 9.82. The predicted molar refractivity (Wildman–Crippen MR) is 59.1 cm³/mol. The molecule has 3 nitrogen and oxygen atoms in total. The van der Waals surface area contributed by atoms with Crippen molar-refractivity contribution in [3.05, 3.63) is 28.2 Å². The molecule has 0 amide bonds. The van der Waals surface area contributed by atoms with Crippen LogP contribution in [0.4, 0.5) is 0 Å². The quantitative estimate of drug-likeness (QED) is 0.853. The Morgan fingerprint density at radius 3 is 3.00 bits per heavy atom. The summed E-state index contributed by atoms with van der Waals surface area (Å²) in [6.45, 7) is 1.79. The minimum atomic E-state index is -0.798. The van der Waals surface area contributed by atoms with E-state index in [2.05, 4.69) is 15.9 Å². The number of halogens is 1. The van der Waals surface area contributed by atoms with Crippen molar-refractivity contribution in [1.82, 2.24) is 0 Å². The molecule has 15 heavy (non-hydrogen) atoms. The Bertz CT molecular complexity index is 403. The highest BCUT2D eigenvalue weighted by Gasteiger charge is 2.32. The van der Waals surface area contributed by atoms with E-state index in [4.69, 9.17) is 9.84 Å². The third-order valence-electron chi connectivity index (χ3n) is 2.68. The lowest BCUT2D eigenvalue weighted by molar-refractivity contribution is -0.145. The number of para-hydroxylation sites is 1. The van der Waals surface area contributed by atoms with Crippen LogP contribution >= 0.6 is 15.9 Å². The summed E-state index contributed by atoms with van der Waals surface area (Å²) in [4.78, 5) is 11.0. The Hall–Kier alpha value is -1.03. The van der Waals surface area contributed by atoms with Gasteiger partial charge in [-0.25, -0.2) is 0 Å². The minimum absolute atomic E-state index is 0.284. The average Bonchev–Trinajstić information content (AvgIpc) is 2.18. The standard InChI is InChI=1S/C11H11BrO3/c1-6-8(11(13)14)5-7-3-2-4-9(12)10(7)15-6/h2-4,6,8H,5H2,1H3,(H,13,14). The number of carboxylic acids is 1. The molecule has 1 heterocycles. The monoisotopic (exact) mass is 270 g/mol. The van der Waals surface area contributed by atoms with E-state index in [0.29, 0.717) is 6.42 Å². The van der Waals surface area contributed by atoms with Crippen LogP contribution in [0.15, 0.2) is 22.7 Å². The van der Waals surface area contributed by atoms with Gasteiger partial charge < -0.3 is 9.84 Å². The summed E-state index contributed by atoms with van der Waals surface area (Å²) in [5.41, 5.74) is 0.954. The molecule has 2 rings (SSSR count). The van der Waals surface area contributed by atoms with Gasteiger partial charge in [0, 0.05) is 0 Å². The number of fused-ring (bicyclic) bond motifs is 1. The number of carboxylic acid groups (broad SMARTS) is 1. The molecule has 1 aliphatic heterocycles. The number of ether oxygens (including phenoxy) is 1. The number of rotatable bonds is 1. The average molecular weight is 271 g/mol. The highest BCUT2D eigenvalue weighted by molar-refractivity contribution is 9.10. The first kappa shape index (κ1) is 10.5. The van der Waals surface area contributed by atoms with E-state index in [-0.39, 0.29) is 6.10 Å². The van der Waals surface area contributed by atoms with Crippen molar-refractivity contribution in [2.24, 2.45) is 5.92 Å². The van der Waals surface area contributed by atoms with Crippen LogP contribution in [0.1, 0.15) is 12.5 Å². The topological polar surface area (TPSA) is 46.5 Å². The van der Waals surface area contributed by atoms with E-state index < -0.39 is 11.9 Å². The molecule has 1 N–H and O–H groups in total. The van der Waals surface area contributed by atoms with Crippen LogP contribution in [0.2, 0.25) is 0 Å². The maximum absolute atomic E-state index is 11.0. The van der Waals surface area contributed by atoms with Crippen molar-refractivity contribution in [2.45, 2.75) is 19.4 Å². The number of hydrogen-bond acceptors (Lipinski definition) is 2. The molecule has 4 heteroatoms. The van der Waals surface area contributed by atoms with Gasteiger partial charge in [-0.1, -0.05) is 12.1 Å². The van der Waals surface area contributed by atoms with E-state index in [9.17, 15) is 4.79 Å². The van der Waals surface area contributed by atoms with Crippen molar-refractivity contribution in [1.29, 1.82) is 0 Å². The Morgan fingerprint density at radius 2 is 2.33 bits per heavy atom. The lowest BCUT2D eigenvalue weighted by Gasteiger charge is -2.29. The summed E-state index contributed by atoms with van der Waals surface area (Å²) in [5, 5.41) is 9.01. The Labute approximate surface area is 96.2 Å². The molecule has 0 fully saturated rings. The molecule has 0 radical (unpaired) electrons. The zero-order valence-electron chi connectivity index (χ0n) is 8.24. The molecule has 80 valence electrons. The predicted octanol–water partition coefficient (Wildman–Crippen LogP) is 2.47. The largest absolute Gasteiger partial charge is 0.488 e. The van der Waals surface area contributed by atoms with Crippen LogP contribution in [0.3, 0.4) is 0 Å². The number of hydrogen-bond donors (Lipinski definition) is 1. The third kappa shape index (κ3) is 1.86. The summed E-state index contributed by atoms with van der Waals surface area (Å²) < 4.78 is 6.49. The van der Waals surface area contributed by atoms with Gasteiger partial charge in [0.15, 0.2) is 0 Å². The fourth-order valence-electron chi connectivity index (χ4n) is 1.81. The van der Waals surface area contributed by atoms with E-state index in [1.54, 1.807) is 6.92 Å². The number of aliphatic carboxylic acids is 1. The first-order valence-corrected chi connectivity index (χ1v) is 5.55. The van der Waals surface area contributed by atoms with Crippen LogP contribution in [-0.4, -0.2) is 17.2 Å². The van der Waals surface area contributed by atoms with Crippen molar-refractivity contribution < 1.29 is 14.6 Å². The molecule has 0 saturated carbocycles. The highest BCUT2D eigenvalue weighted by Crippen LogP contribution is 2.36. The second-order valence-corrected chi connectivity index (χ2v) is 4.55. The molecule has 0 aromatic heterocycles. The van der Waals surface area contributed by atoms with Gasteiger partial charge in [-0.3, -0.25) is 4.79 Å². The normalized spacial score (nSPS) is 24.1. The molecule has 0 aliphatic carbocycles. The Kier molecular flexibility index (Phi) is 2.69. The Balaban J connectivity index is 2.38. The van der Waals surface area contributed by atoms with Crippen LogP contribution in [0, 0.1) is 5.92 Å². The van der Waals surface area contributed by atoms with Crippen molar-refractivity contribution in [2.75, 3.05) is 0 Å². The van der Waals surface area contributed by atoms with Gasteiger partial charge in [-0.2, -0.15) is 0 Å². The molecule has 2 unspecified atom stereocenters. The van der Waals surface area contributed by atoms with Crippen LogP contribution in [-0.2, 0) is 11.2 Å². The van der Waals surface area contributed by atoms with Crippen LogP contribution in [0.25, 0.3) is 0 Å². The smallest absolute Gasteiger partial charge is 0.310 e. The van der Waals surface area contributed by atoms with E-state index in [1.165, 1.54) is 0 Å². The molecular formula is C11H11BrO3. The fourth-order valence-corrected chi connectivity index (χ4v) is 2.31. The van der Waals surface area contributed by atoms with Crippen molar-refractivity contribution in [3.8, 4) is 5.75 Å². The third-order valence-corrected chi connectivity index (χ3v) is 3.30. The lowest BCUT2D eigenvalue weighted by Crippen LogP contribution is -2.35. The molecule has 2 atom stereocenters. The van der Waals surface area contributed by atoms with E-state index >= 15 is 0 Å². The lowest BCUT2D eigenvalue weighted by atomic mass is 9.91. The van der Waals surface area contributed by atoms with Gasteiger partial charge in [0.2, 0.25) is 0 Å². The SMILES string of the molecule is CC1Oc2c(Br)cccc2CC1C(=O)O. The van der Waals surface area contributed by atoms with Gasteiger partial charge in [-0.05, 0) is 40.9 Å².